The molecular formula is C13H18INO4. The standard InChI is InChI=1S/C13H18NO4.HI/c1-8-12(13(15)16-4)11-7-18-9(2)17-6-10(11)5-14(8)3;/h5,9H,6-7H2,1-4H3;1H/q+1;/p-1. The van der Waals surface area contributed by atoms with Gasteiger partial charge in [-0.1, -0.05) is 0 Å². The van der Waals surface area contributed by atoms with E-state index in [-0.39, 0.29) is 36.2 Å². The molecule has 0 N–H and O–H groups in total. The summed E-state index contributed by atoms with van der Waals surface area (Å²) in [7, 11) is 3.29. The van der Waals surface area contributed by atoms with Gasteiger partial charge in [-0.25, -0.2) is 9.36 Å². The van der Waals surface area contributed by atoms with Crippen molar-refractivity contribution >= 4 is 5.97 Å². The number of hydrogen-bond donors (Lipinski definition) is 0. The Morgan fingerprint density at radius 3 is 2.68 bits per heavy atom. The summed E-state index contributed by atoms with van der Waals surface area (Å²) in [6.45, 7) is 4.54. The van der Waals surface area contributed by atoms with Gasteiger partial charge in [-0.2, -0.15) is 0 Å². The van der Waals surface area contributed by atoms with Gasteiger partial charge in [0.05, 0.1) is 20.3 Å². The van der Waals surface area contributed by atoms with E-state index >= 15 is 0 Å². The zero-order valence-electron chi connectivity index (χ0n) is 11.5. The van der Waals surface area contributed by atoms with Crippen LogP contribution in [-0.2, 0) is 34.5 Å². The van der Waals surface area contributed by atoms with E-state index in [1.807, 2.05) is 31.7 Å². The lowest BCUT2D eigenvalue weighted by Crippen LogP contribution is -3.00. The Hall–Kier alpha value is -0.730. The molecule has 0 amide bonds. The van der Waals surface area contributed by atoms with Gasteiger partial charge < -0.3 is 38.2 Å². The predicted molar refractivity (Wildman–Crippen MR) is 62.7 cm³/mol. The monoisotopic (exact) mass is 379 g/mol. The zero-order chi connectivity index (χ0) is 13.3. The van der Waals surface area contributed by atoms with E-state index in [1.165, 1.54) is 7.11 Å². The first kappa shape index (κ1) is 16.3. The first-order valence-electron chi connectivity index (χ1n) is 5.87. The summed E-state index contributed by atoms with van der Waals surface area (Å²) in [6, 6.07) is 0. The van der Waals surface area contributed by atoms with Crippen LogP contribution in [0.1, 0.15) is 34.1 Å². The molecule has 2 rings (SSSR count). The summed E-state index contributed by atoms with van der Waals surface area (Å²) in [5, 5.41) is 0. The van der Waals surface area contributed by atoms with Gasteiger partial charge in [0.2, 0.25) is 0 Å². The minimum Gasteiger partial charge on any atom is -1.00 e. The minimum atomic E-state index is -0.335. The van der Waals surface area contributed by atoms with E-state index in [0.29, 0.717) is 18.8 Å². The predicted octanol–water partition coefficient (Wildman–Crippen LogP) is -2.00. The molecule has 1 aromatic heterocycles. The first-order valence-corrected chi connectivity index (χ1v) is 5.87. The van der Waals surface area contributed by atoms with Gasteiger partial charge in [0.25, 0.3) is 0 Å². The van der Waals surface area contributed by atoms with Crippen LogP contribution in [0.4, 0.5) is 0 Å². The number of carbonyl (C=O) groups excluding carboxylic acids is 1. The maximum atomic E-state index is 11.9. The van der Waals surface area contributed by atoms with Crippen molar-refractivity contribution in [3.63, 3.8) is 0 Å². The number of hydrogen-bond acceptors (Lipinski definition) is 4. The quantitative estimate of drug-likeness (QED) is 0.322. The van der Waals surface area contributed by atoms with E-state index < -0.39 is 0 Å². The van der Waals surface area contributed by atoms with Gasteiger partial charge in [0.1, 0.15) is 12.6 Å². The second kappa shape index (κ2) is 6.62. The minimum absolute atomic E-state index is 0. The van der Waals surface area contributed by atoms with Crippen molar-refractivity contribution in [3.8, 4) is 0 Å². The molecule has 0 saturated carbocycles. The SMILES string of the molecule is COC(=O)c1c2c(c[n+](C)c1C)COC(C)OC2.[I-]. The van der Waals surface area contributed by atoms with Gasteiger partial charge in [-0.3, -0.25) is 0 Å². The first-order chi connectivity index (χ1) is 8.54. The molecule has 6 heteroatoms. The second-order valence-corrected chi connectivity index (χ2v) is 4.39. The third-order valence-corrected chi connectivity index (χ3v) is 3.26. The molecule has 0 spiro atoms. The Bertz CT molecular complexity index is 490. The van der Waals surface area contributed by atoms with Crippen molar-refractivity contribution in [1.29, 1.82) is 0 Å². The lowest BCUT2D eigenvalue weighted by Gasteiger charge is -2.10. The molecule has 1 atom stereocenters. The van der Waals surface area contributed by atoms with E-state index in [1.54, 1.807) is 0 Å². The molecule has 0 saturated heterocycles. The van der Waals surface area contributed by atoms with Crippen molar-refractivity contribution in [2.24, 2.45) is 7.05 Å². The maximum absolute atomic E-state index is 11.9. The van der Waals surface area contributed by atoms with E-state index in [4.69, 9.17) is 14.2 Å². The molecule has 1 aromatic rings. The fraction of sp³-hybridized carbons (Fsp3) is 0.538. The summed E-state index contributed by atoms with van der Waals surface area (Å²) < 4.78 is 17.8. The van der Waals surface area contributed by atoms with Crippen LogP contribution in [0.5, 0.6) is 0 Å². The van der Waals surface area contributed by atoms with E-state index in [9.17, 15) is 4.79 Å². The van der Waals surface area contributed by atoms with Crippen LogP contribution in [0.2, 0.25) is 0 Å². The summed E-state index contributed by atoms with van der Waals surface area (Å²) in [6.07, 6.45) is 1.70. The second-order valence-electron chi connectivity index (χ2n) is 4.39. The van der Waals surface area contributed by atoms with Crippen LogP contribution in [-0.4, -0.2) is 19.4 Å². The number of ether oxygens (including phenoxy) is 3. The Kier molecular flexibility index (Phi) is 5.69. The molecule has 0 radical (unpaired) electrons. The molecule has 0 fully saturated rings. The molecule has 19 heavy (non-hydrogen) atoms. The number of aromatic nitrogens is 1. The Morgan fingerprint density at radius 2 is 2.05 bits per heavy atom. The van der Waals surface area contributed by atoms with Gasteiger partial charge in [-0.15, -0.1) is 0 Å². The number of halogens is 1. The van der Waals surface area contributed by atoms with Crippen molar-refractivity contribution < 1.29 is 47.5 Å². The molecule has 1 aliphatic heterocycles. The van der Waals surface area contributed by atoms with Crippen LogP contribution in [0.25, 0.3) is 0 Å². The number of rotatable bonds is 1. The molecule has 1 aliphatic rings. The number of esters is 1. The van der Waals surface area contributed by atoms with E-state index in [2.05, 4.69) is 0 Å². The van der Waals surface area contributed by atoms with Gasteiger partial charge in [-0.05, 0) is 6.92 Å². The fourth-order valence-electron chi connectivity index (χ4n) is 2.08. The van der Waals surface area contributed by atoms with Crippen LogP contribution in [0, 0.1) is 6.92 Å². The highest BCUT2D eigenvalue weighted by Crippen LogP contribution is 2.23. The Labute approximate surface area is 129 Å². The molecule has 106 valence electrons. The van der Waals surface area contributed by atoms with Crippen molar-refractivity contribution in [3.05, 3.63) is 28.6 Å². The van der Waals surface area contributed by atoms with Crippen molar-refractivity contribution in [1.82, 2.24) is 0 Å². The summed E-state index contributed by atoms with van der Waals surface area (Å²) in [5.41, 5.74) is 3.27. The summed E-state index contributed by atoms with van der Waals surface area (Å²) in [4.78, 5) is 11.9. The highest BCUT2D eigenvalue weighted by Gasteiger charge is 2.27. The number of pyridine rings is 1. The topological polar surface area (TPSA) is 48.6 Å². The normalized spacial score (nSPS) is 18.0. The number of aryl methyl sites for hydroxylation is 1. The number of nitrogens with zero attached hydrogens (tertiary/aromatic N) is 1. The van der Waals surface area contributed by atoms with E-state index in [0.717, 1.165) is 16.8 Å². The third kappa shape index (κ3) is 3.24. The molecule has 0 bridgehead atoms. The van der Waals surface area contributed by atoms with Crippen molar-refractivity contribution in [2.75, 3.05) is 7.11 Å². The number of methoxy groups -OCH3 is 1. The molecule has 1 unspecified atom stereocenters. The van der Waals surface area contributed by atoms with Gasteiger partial charge >= 0.3 is 5.97 Å². The molecule has 2 heterocycles. The third-order valence-electron chi connectivity index (χ3n) is 3.26. The van der Waals surface area contributed by atoms with Crippen LogP contribution < -0.4 is 28.5 Å². The summed E-state index contributed by atoms with van der Waals surface area (Å²) >= 11 is 0. The largest absolute Gasteiger partial charge is 1.00 e. The average Bonchev–Trinajstić information content (AvgIpc) is 2.53. The zero-order valence-corrected chi connectivity index (χ0v) is 13.7. The van der Waals surface area contributed by atoms with Crippen LogP contribution in [0.15, 0.2) is 6.20 Å². The molecular weight excluding hydrogens is 361 g/mol. The van der Waals surface area contributed by atoms with Crippen molar-refractivity contribution in [2.45, 2.75) is 33.4 Å². The van der Waals surface area contributed by atoms with Gasteiger partial charge in [0, 0.05) is 18.1 Å². The van der Waals surface area contributed by atoms with Crippen LogP contribution in [0.3, 0.4) is 0 Å². The number of carbonyl (C=O) groups is 1. The summed E-state index contributed by atoms with van der Waals surface area (Å²) in [5.74, 6) is -0.335. The molecule has 0 aliphatic carbocycles. The fourth-order valence-corrected chi connectivity index (χ4v) is 2.08. The Morgan fingerprint density at radius 1 is 1.42 bits per heavy atom. The molecule has 5 nitrogen and oxygen atoms in total. The lowest BCUT2D eigenvalue weighted by atomic mass is 10.0. The number of fused-ring (bicyclic) bond motifs is 1. The highest BCUT2D eigenvalue weighted by atomic mass is 127. The van der Waals surface area contributed by atoms with Gasteiger partial charge in [0.15, 0.2) is 18.2 Å². The Balaban J connectivity index is 0.00000180. The maximum Gasteiger partial charge on any atom is 0.344 e. The average molecular weight is 379 g/mol. The smallest absolute Gasteiger partial charge is 0.344 e. The van der Waals surface area contributed by atoms with Crippen LogP contribution >= 0.6 is 0 Å². The lowest BCUT2D eigenvalue weighted by molar-refractivity contribution is -0.678. The highest BCUT2D eigenvalue weighted by molar-refractivity contribution is 5.92. The molecule has 0 aromatic carbocycles.